The lowest BCUT2D eigenvalue weighted by atomic mass is 9.72. The lowest BCUT2D eigenvalue weighted by molar-refractivity contribution is -0.129. The van der Waals surface area contributed by atoms with Crippen LogP contribution in [0.15, 0.2) is 12.2 Å². The Morgan fingerprint density at radius 3 is 2.67 bits per heavy atom. The van der Waals surface area contributed by atoms with Gasteiger partial charge in [-0.3, -0.25) is 4.79 Å². The fraction of sp³-hybridized carbons (Fsp3) is 0.750. The van der Waals surface area contributed by atoms with Crippen LogP contribution in [0.3, 0.4) is 0 Å². The molecule has 3 nitrogen and oxygen atoms in total. The van der Waals surface area contributed by atoms with Gasteiger partial charge in [-0.25, -0.2) is 0 Å². The first-order chi connectivity index (χ1) is 7.04. The maximum atomic E-state index is 11.7. The Hall–Kier alpha value is -0.830. The summed E-state index contributed by atoms with van der Waals surface area (Å²) in [6.45, 7) is 0.944. The smallest absolute Gasteiger partial charge is 0.224 e. The van der Waals surface area contributed by atoms with Crippen molar-refractivity contribution in [1.29, 1.82) is 0 Å². The number of nitrogens with two attached hydrogens (primary N) is 1. The molecule has 2 bridgehead atoms. The molecule has 0 radical (unpaired) electrons. The topological polar surface area (TPSA) is 46.3 Å². The number of hydrogen-bond donors (Lipinski definition) is 1. The highest BCUT2D eigenvalue weighted by atomic mass is 16.1. The third kappa shape index (κ3) is 1.69. The predicted molar refractivity (Wildman–Crippen MR) is 60.2 cm³/mol. The van der Waals surface area contributed by atoms with E-state index < -0.39 is 0 Å². The lowest BCUT2D eigenvalue weighted by Gasteiger charge is -2.33. The van der Waals surface area contributed by atoms with Crippen molar-refractivity contribution in [2.75, 3.05) is 20.6 Å². The average molecular weight is 208 g/mol. The van der Waals surface area contributed by atoms with Gasteiger partial charge in [-0.2, -0.15) is 0 Å². The maximum Gasteiger partial charge on any atom is 0.224 e. The fourth-order valence-corrected chi connectivity index (χ4v) is 3.07. The second kappa shape index (κ2) is 3.63. The monoisotopic (exact) mass is 208 g/mol. The first-order valence-electron chi connectivity index (χ1n) is 5.67. The van der Waals surface area contributed by atoms with E-state index in [-0.39, 0.29) is 11.3 Å². The third-order valence-corrected chi connectivity index (χ3v) is 4.00. The summed E-state index contributed by atoms with van der Waals surface area (Å²) in [6.07, 6.45) is 7.46. The number of nitrogens with zero attached hydrogens (tertiary/aromatic N) is 1. The number of carbonyl (C=O) groups is 1. The van der Waals surface area contributed by atoms with E-state index in [1.54, 1.807) is 0 Å². The van der Waals surface area contributed by atoms with Crippen molar-refractivity contribution >= 4 is 5.91 Å². The second-order valence-electron chi connectivity index (χ2n) is 5.26. The largest absolute Gasteiger partial charge is 0.369 e. The number of primary amides is 1. The molecule has 0 aromatic heterocycles. The first-order valence-corrected chi connectivity index (χ1v) is 5.67. The van der Waals surface area contributed by atoms with Crippen LogP contribution in [-0.4, -0.2) is 31.4 Å². The molecule has 2 N–H and O–H groups in total. The Bertz CT molecular complexity index is 298. The first kappa shape index (κ1) is 10.7. The van der Waals surface area contributed by atoms with Crippen LogP contribution in [-0.2, 0) is 4.79 Å². The van der Waals surface area contributed by atoms with E-state index in [9.17, 15) is 4.79 Å². The highest BCUT2D eigenvalue weighted by Gasteiger charge is 2.51. The molecule has 3 unspecified atom stereocenters. The molecule has 3 heteroatoms. The van der Waals surface area contributed by atoms with Crippen molar-refractivity contribution < 1.29 is 4.79 Å². The van der Waals surface area contributed by atoms with Crippen molar-refractivity contribution in [2.24, 2.45) is 23.0 Å². The minimum absolute atomic E-state index is 0.0961. The van der Waals surface area contributed by atoms with Crippen LogP contribution >= 0.6 is 0 Å². The molecule has 84 valence electrons. The molecule has 1 saturated carbocycles. The summed E-state index contributed by atoms with van der Waals surface area (Å²) < 4.78 is 0. The third-order valence-electron chi connectivity index (χ3n) is 4.00. The molecule has 0 aromatic rings. The number of fused-ring (bicyclic) bond motifs is 2. The van der Waals surface area contributed by atoms with E-state index in [1.165, 1.54) is 0 Å². The van der Waals surface area contributed by atoms with Crippen LogP contribution in [0.25, 0.3) is 0 Å². The van der Waals surface area contributed by atoms with Gasteiger partial charge in [-0.15, -0.1) is 0 Å². The van der Waals surface area contributed by atoms with E-state index in [0.29, 0.717) is 11.8 Å². The molecule has 2 aliphatic carbocycles. The normalized spacial score (nSPS) is 37.8. The standard InChI is InChI=1S/C12H20N2O/c1-14(2)6-5-12(11(13)15)8-9-3-4-10(12)7-9/h3-4,9-10H,5-8H2,1-2H3,(H2,13,15). The van der Waals surface area contributed by atoms with Crippen LogP contribution in [0.1, 0.15) is 19.3 Å². The highest BCUT2D eigenvalue weighted by molar-refractivity contribution is 5.82. The number of carbonyl (C=O) groups excluding carboxylic acids is 1. The Balaban J connectivity index is 2.12. The molecule has 0 heterocycles. The van der Waals surface area contributed by atoms with Gasteiger partial charge < -0.3 is 10.6 Å². The summed E-state index contributed by atoms with van der Waals surface area (Å²) in [5, 5.41) is 0. The molecule has 2 aliphatic rings. The van der Waals surface area contributed by atoms with Gasteiger partial charge in [0, 0.05) is 0 Å². The molecule has 1 amide bonds. The molecule has 0 saturated heterocycles. The average Bonchev–Trinajstić information content (AvgIpc) is 2.74. The molecular weight excluding hydrogens is 188 g/mol. The minimum Gasteiger partial charge on any atom is -0.369 e. The highest BCUT2D eigenvalue weighted by Crippen LogP contribution is 2.53. The maximum absolute atomic E-state index is 11.7. The van der Waals surface area contributed by atoms with E-state index in [1.807, 2.05) is 14.1 Å². The molecule has 15 heavy (non-hydrogen) atoms. The predicted octanol–water partition coefficient (Wildman–Crippen LogP) is 1.01. The summed E-state index contributed by atoms with van der Waals surface area (Å²) in [4.78, 5) is 13.8. The van der Waals surface area contributed by atoms with Gasteiger partial charge in [0.15, 0.2) is 0 Å². The zero-order chi connectivity index (χ0) is 11.1. The number of hydrogen-bond acceptors (Lipinski definition) is 2. The number of rotatable bonds is 4. The van der Waals surface area contributed by atoms with Gasteiger partial charge in [0.2, 0.25) is 5.91 Å². The van der Waals surface area contributed by atoms with Gasteiger partial charge in [0.1, 0.15) is 0 Å². The van der Waals surface area contributed by atoms with E-state index in [4.69, 9.17) is 5.73 Å². The Morgan fingerprint density at radius 1 is 1.53 bits per heavy atom. The summed E-state index contributed by atoms with van der Waals surface area (Å²) in [5.41, 5.74) is 5.37. The van der Waals surface area contributed by atoms with Crippen molar-refractivity contribution in [2.45, 2.75) is 19.3 Å². The Labute approximate surface area is 91.3 Å². The van der Waals surface area contributed by atoms with Crippen LogP contribution in [0, 0.1) is 17.3 Å². The number of amides is 1. The molecule has 2 rings (SSSR count). The molecule has 1 fully saturated rings. The van der Waals surface area contributed by atoms with Crippen LogP contribution < -0.4 is 5.73 Å². The summed E-state index contributed by atoms with van der Waals surface area (Å²) >= 11 is 0. The Morgan fingerprint density at radius 2 is 2.27 bits per heavy atom. The molecule has 0 aliphatic heterocycles. The summed E-state index contributed by atoms with van der Waals surface area (Å²) in [5.74, 6) is 0.908. The zero-order valence-corrected chi connectivity index (χ0v) is 9.57. The van der Waals surface area contributed by atoms with Gasteiger partial charge >= 0.3 is 0 Å². The molecule has 0 spiro atoms. The van der Waals surface area contributed by atoms with Gasteiger partial charge in [-0.05, 0) is 51.7 Å². The quantitative estimate of drug-likeness (QED) is 0.701. The molecular formula is C12H20N2O. The van der Waals surface area contributed by atoms with E-state index >= 15 is 0 Å². The lowest BCUT2D eigenvalue weighted by Crippen LogP contribution is -2.42. The van der Waals surface area contributed by atoms with Crippen molar-refractivity contribution in [3.8, 4) is 0 Å². The summed E-state index contributed by atoms with van der Waals surface area (Å²) in [6, 6.07) is 0. The fourth-order valence-electron chi connectivity index (χ4n) is 3.07. The Kier molecular flexibility index (Phi) is 2.59. The van der Waals surface area contributed by atoms with Gasteiger partial charge in [0.25, 0.3) is 0 Å². The van der Waals surface area contributed by atoms with Gasteiger partial charge in [0.05, 0.1) is 5.41 Å². The van der Waals surface area contributed by atoms with E-state index in [0.717, 1.165) is 25.8 Å². The van der Waals surface area contributed by atoms with Crippen molar-refractivity contribution in [3.63, 3.8) is 0 Å². The second-order valence-corrected chi connectivity index (χ2v) is 5.26. The van der Waals surface area contributed by atoms with E-state index in [2.05, 4.69) is 17.1 Å². The minimum atomic E-state index is -0.246. The molecule has 0 aromatic carbocycles. The van der Waals surface area contributed by atoms with Crippen LogP contribution in [0.4, 0.5) is 0 Å². The zero-order valence-electron chi connectivity index (χ0n) is 9.57. The summed E-state index contributed by atoms with van der Waals surface area (Å²) in [7, 11) is 4.08. The SMILES string of the molecule is CN(C)CCC1(C(N)=O)CC2C=CC1C2. The van der Waals surface area contributed by atoms with Crippen molar-refractivity contribution in [1.82, 2.24) is 4.90 Å². The van der Waals surface area contributed by atoms with Crippen LogP contribution in [0.5, 0.6) is 0 Å². The molecule has 3 atom stereocenters. The number of allylic oxidation sites excluding steroid dienone is 2. The van der Waals surface area contributed by atoms with Gasteiger partial charge in [-0.1, -0.05) is 12.2 Å². The van der Waals surface area contributed by atoms with Crippen molar-refractivity contribution in [3.05, 3.63) is 12.2 Å². The van der Waals surface area contributed by atoms with Crippen LogP contribution in [0.2, 0.25) is 0 Å².